The van der Waals surface area contributed by atoms with Gasteiger partial charge in [-0.05, 0) is 19.3 Å². The summed E-state index contributed by atoms with van der Waals surface area (Å²) in [6.07, 6.45) is 0.599. The van der Waals surface area contributed by atoms with Crippen LogP contribution in [0.4, 0.5) is 0 Å². The van der Waals surface area contributed by atoms with E-state index in [9.17, 15) is 14.4 Å². The molecule has 0 amide bonds. The first-order valence-electron chi connectivity index (χ1n) is 5.31. The largest absolute Gasteiger partial charge is 0.332 e. The maximum Gasteiger partial charge on any atom is 0.292 e. The van der Waals surface area contributed by atoms with Crippen LogP contribution < -0.4 is 5.73 Å². The summed E-state index contributed by atoms with van der Waals surface area (Å²) in [7, 11) is -3.22. The molecule has 0 heterocycles. The summed E-state index contributed by atoms with van der Waals surface area (Å²) in [6, 6.07) is 0. The molecule has 0 aliphatic carbocycles. The van der Waals surface area contributed by atoms with Crippen molar-refractivity contribution in [1.29, 1.82) is 0 Å². The summed E-state index contributed by atoms with van der Waals surface area (Å²) in [5.74, 6) is 0. The van der Waals surface area contributed by atoms with E-state index >= 15 is 0 Å². The first-order valence-corrected chi connectivity index (χ1v) is 7.51. The van der Waals surface area contributed by atoms with E-state index < -0.39 is 8.07 Å². The minimum atomic E-state index is -3.22. The molecule has 0 bridgehead atoms. The molecule has 0 atom stereocenters. The lowest BCUT2D eigenvalue weighted by Crippen LogP contribution is -2.64. The van der Waals surface area contributed by atoms with E-state index in [-0.39, 0.29) is 41.7 Å². The molecule has 0 rings (SSSR count). The van der Waals surface area contributed by atoms with Crippen LogP contribution in [0.25, 0.3) is 0 Å². The van der Waals surface area contributed by atoms with E-state index in [1.54, 1.807) is 20.8 Å². The molecule has 0 fully saturated rings. The third-order valence-corrected chi connectivity index (χ3v) is 7.23. The van der Waals surface area contributed by atoms with Crippen LogP contribution in [0.3, 0.4) is 0 Å². The van der Waals surface area contributed by atoms with Crippen molar-refractivity contribution in [3.8, 4) is 0 Å². The van der Waals surface area contributed by atoms with Gasteiger partial charge in [-0.1, -0.05) is 20.8 Å². The predicted octanol–water partition coefficient (Wildman–Crippen LogP) is 0.488. The minimum Gasteiger partial charge on any atom is -0.332 e. The fourth-order valence-corrected chi connectivity index (χ4v) is 5.14. The molecule has 0 aliphatic rings. The third-order valence-electron chi connectivity index (χ3n) is 2.70. The molecule has 2 N–H and O–H groups in total. The predicted molar refractivity (Wildman–Crippen MR) is 60.7 cm³/mol. The summed E-state index contributed by atoms with van der Waals surface area (Å²) >= 11 is 0. The highest BCUT2D eigenvalue weighted by molar-refractivity contribution is 7.40. The van der Waals surface area contributed by atoms with Crippen molar-refractivity contribution < 1.29 is 14.4 Å². The van der Waals surface area contributed by atoms with E-state index in [0.29, 0.717) is 0 Å². The Labute approximate surface area is 91.2 Å². The second-order valence-electron chi connectivity index (χ2n) is 3.44. The standard InChI is InChI=1S/C10H19NO3Si/c1-4-8(12)15(7-11,9(13)5-2)10(14)6-3/h4-7,11H2,1-3H3. The number of hydrogen-bond donors (Lipinski definition) is 1. The molecule has 0 aromatic heterocycles. The number of carbonyl (C=O) groups excluding carboxylic acids is 3. The number of nitrogens with two attached hydrogens (primary N) is 1. The highest BCUT2D eigenvalue weighted by Crippen LogP contribution is 2.13. The molecule has 0 spiro atoms. The SMILES string of the molecule is CCC(=O)[Si](CN)(C(=O)CC)C(=O)CC. The van der Waals surface area contributed by atoms with Gasteiger partial charge in [0.1, 0.15) is 16.2 Å². The zero-order valence-electron chi connectivity index (χ0n) is 9.63. The van der Waals surface area contributed by atoms with Crippen molar-refractivity contribution >= 4 is 24.3 Å². The Kier molecular flexibility index (Phi) is 5.60. The number of carbonyl (C=O) groups is 3. The zero-order valence-corrected chi connectivity index (χ0v) is 10.6. The Morgan fingerprint density at radius 2 is 1.13 bits per heavy atom. The molecular formula is C10H19NO3Si. The maximum absolute atomic E-state index is 11.8. The van der Waals surface area contributed by atoms with Crippen LogP contribution in [0.2, 0.25) is 0 Å². The molecule has 0 aliphatic heterocycles. The van der Waals surface area contributed by atoms with Gasteiger partial charge in [-0.25, -0.2) is 0 Å². The molecule has 0 radical (unpaired) electrons. The smallest absolute Gasteiger partial charge is 0.292 e. The first kappa shape index (κ1) is 14.2. The summed E-state index contributed by atoms with van der Waals surface area (Å²) in [4.78, 5) is 35.4. The summed E-state index contributed by atoms with van der Waals surface area (Å²) in [6.45, 7) is 5.02. The van der Waals surface area contributed by atoms with Gasteiger partial charge in [-0.2, -0.15) is 0 Å². The maximum atomic E-state index is 11.8. The average molecular weight is 229 g/mol. The van der Waals surface area contributed by atoms with E-state index in [0.717, 1.165) is 0 Å². The van der Waals surface area contributed by atoms with Crippen molar-refractivity contribution in [2.24, 2.45) is 5.73 Å². The highest BCUT2D eigenvalue weighted by Gasteiger charge is 2.51. The summed E-state index contributed by atoms with van der Waals surface area (Å²) in [5.41, 5.74) is 5.54. The molecule has 4 nitrogen and oxygen atoms in total. The van der Waals surface area contributed by atoms with Crippen LogP contribution in [0.5, 0.6) is 0 Å². The third kappa shape index (κ3) is 2.41. The van der Waals surface area contributed by atoms with Gasteiger partial charge >= 0.3 is 0 Å². The molecule has 0 aromatic rings. The second kappa shape index (κ2) is 5.92. The molecule has 5 heteroatoms. The van der Waals surface area contributed by atoms with Gasteiger partial charge in [0.2, 0.25) is 0 Å². The normalized spacial score (nSPS) is 11.2. The average Bonchev–Trinajstić information content (AvgIpc) is 2.29. The topological polar surface area (TPSA) is 77.2 Å². The van der Waals surface area contributed by atoms with Crippen LogP contribution in [0, 0.1) is 0 Å². The van der Waals surface area contributed by atoms with E-state index in [1.165, 1.54) is 0 Å². The fourth-order valence-electron chi connectivity index (χ4n) is 1.71. The quantitative estimate of drug-likeness (QED) is 0.644. The van der Waals surface area contributed by atoms with Crippen molar-refractivity contribution in [3.63, 3.8) is 0 Å². The summed E-state index contributed by atoms with van der Waals surface area (Å²) < 4.78 is 0. The van der Waals surface area contributed by atoms with Gasteiger partial charge in [0.05, 0.1) is 0 Å². The van der Waals surface area contributed by atoms with Crippen LogP contribution >= 0.6 is 0 Å². The number of hydrogen-bond acceptors (Lipinski definition) is 4. The van der Waals surface area contributed by atoms with Crippen LogP contribution in [0.15, 0.2) is 0 Å². The minimum absolute atomic E-state index is 0.0704. The Morgan fingerprint density at radius 3 is 1.27 bits per heavy atom. The van der Waals surface area contributed by atoms with Gasteiger partial charge in [0.15, 0.2) is 0 Å². The van der Waals surface area contributed by atoms with E-state index in [1.807, 2.05) is 0 Å². The van der Waals surface area contributed by atoms with Crippen LogP contribution in [-0.2, 0) is 14.4 Å². The lowest BCUT2D eigenvalue weighted by molar-refractivity contribution is -0.119. The second-order valence-corrected chi connectivity index (χ2v) is 7.33. The Bertz CT molecular complexity index is 235. The van der Waals surface area contributed by atoms with Gasteiger partial charge in [0.25, 0.3) is 8.07 Å². The molecule has 0 unspecified atom stereocenters. The lowest BCUT2D eigenvalue weighted by Gasteiger charge is -2.23. The van der Waals surface area contributed by atoms with E-state index in [2.05, 4.69) is 0 Å². The zero-order chi connectivity index (χ0) is 12.1. The number of rotatable bonds is 7. The molecule has 0 saturated heterocycles. The summed E-state index contributed by atoms with van der Waals surface area (Å²) in [5, 5.41) is -0.656. The van der Waals surface area contributed by atoms with Crippen LogP contribution in [0.1, 0.15) is 40.0 Å². The van der Waals surface area contributed by atoms with Gasteiger partial charge in [0, 0.05) is 6.17 Å². The van der Waals surface area contributed by atoms with Crippen LogP contribution in [-0.4, -0.2) is 30.5 Å². The first-order chi connectivity index (χ1) is 7.00. The monoisotopic (exact) mass is 229 g/mol. The Balaban J connectivity index is 5.39. The fraction of sp³-hybridized carbons (Fsp3) is 0.700. The Morgan fingerprint density at radius 1 is 0.867 bits per heavy atom. The van der Waals surface area contributed by atoms with Crippen molar-refractivity contribution in [3.05, 3.63) is 0 Å². The van der Waals surface area contributed by atoms with Crippen molar-refractivity contribution in [2.45, 2.75) is 40.0 Å². The molecular weight excluding hydrogens is 210 g/mol. The van der Waals surface area contributed by atoms with Gasteiger partial charge < -0.3 is 20.1 Å². The molecule has 86 valence electrons. The Hall–Kier alpha value is -0.813. The molecule has 0 aromatic carbocycles. The lowest BCUT2D eigenvalue weighted by atomic mass is 10.5. The van der Waals surface area contributed by atoms with Crippen molar-refractivity contribution in [1.82, 2.24) is 0 Å². The highest BCUT2D eigenvalue weighted by atomic mass is 28.3. The van der Waals surface area contributed by atoms with Gasteiger partial charge in [-0.15, -0.1) is 0 Å². The van der Waals surface area contributed by atoms with E-state index in [4.69, 9.17) is 5.73 Å². The molecule has 0 saturated carbocycles. The molecule has 15 heavy (non-hydrogen) atoms. The van der Waals surface area contributed by atoms with Gasteiger partial charge in [-0.3, -0.25) is 0 Å². The van der Waals surface area contributed by atoms with Crippen molar-refractivity contribution in [2.75, 3.05) is 6.17 Å².